The number of rotatable bonds is 3. The Bertz CT molecular complexity index is 372. The quantitative estimate of drug-likeness (QED) is 0.908. The van der Waals surface area contributed by atoms with Crippen LogP contribution in [-0.2, 0) is 0 Å². The summed E-state index contributed by atoms with van der Waals surface area (Å²) < 4.78 is 7.05. The van der Waals surface area contributed by atoms with Crippen molar-refractivity contribution in [1.29, 1.82) is 0 Å². The highest BCUT2D eigenvalue weighted by Gasteiger charge is 2.16. The summed E-state index contributed by atoms with van der Waals surface area (Å²) in [6, 6.07) is 6.20. The Morgan fingerprint density at radius 3 is 2.59 bits per heavy atom. The molecule has 0 saturated heterocycles. The van der Waals surface area contributed by atoms with Gasteiger partial charge in [-0.15, -0.1) is 0 Å². The van der Waals surface area contributed by atoms with Crippen LogP contribution in [0, 0.1) is 0 Å². The molecule has 2 N–H and O–H groups in total. The van der Waals surface area contributed by atoms with Crippen LogP contribution in [-0.4, -0.2) is 6.10 Å². The van der Waals surface area contributed by atoms with Gasteiger partial charge in [0.2, 0.25) is 0 Å². The van der Waals surface area contributed by atoms with E-state index >= 15 is 0 Å². The average Bonchev–Trinajstić information content (AvgIpc) is 2.33. The summed E-state index contributed by atoms with van der Waals surface area (Å²) in [6.45, 7) is 1.99. The molecule has 0 spiro atoms. The molecule has 0 radical (unpaired) electrons. The van der Waals surface area contributed by atoms with Gasteiger partial charge in [0.25, 0.3) is 0 Å². The fourth-order valence-electron chi connectivity index (χ4n) is 2.26. The molecule has 3 heteroatoms. The van der Waals surface area contributed by atoms with Crippen LogP contribution in [0.1, 0.15) is 50.6 Å². The lowest BCUT2D eigenvalue weighted by Crippen LogP contribution is -2.19. The van der Waals surface area contributed by atoms with E-state index in [-0.39, 0.29) is 6.04 Å². The molecule has 0 aliphatic heterocycles. The minimum absolute atomic E-state index is 0.0648. The summed E-state index contributed by atoms with van der Waals surface area (Å²) in [4.78, 5) is 0. The second-order valence-electron chi connectivity index (χ2n) is 4.86. The SMILES string of the molecule is CC(N)c1ccc(OC2CCCCC2)c(Br)c1. The number of hydrogen-bond donors (Lipinski definition) is 1. The van der Waals surface area contributed by atoms with Gasteiger partial charge in [-0.1, -0.05) is 12.5 Å². The zero-order chi connectivity index (χ0) is 12.3. The van der Waals surface area contributed by atoms with Crippen LogP contribution in [0.25, 0.3) is 0 Å². The molecule has 1 unspecified atom stereocenters. The summed E-state index contributed by atoms with van der Waals surface area (Å²) in [5, 5.41) is 0. The lowest BCUT2D eigenvalue weighted by Gasteiger charge is -2.23. The van der Waals surface area contributed by atoms with Gasteiger partial charge in [0.15, 0.2) is 0 Å². The van der Waals surface area contributed by atoms with Gasteiger partial charge in [0.1, 0.15) is 5.75 Å². The van der Waals surface area contributed by atoms with Crippen LogP contribution < -0.4 is 10.5 Å². The van der Waals surface area contributed by atoms with E-state index in [2.05, 4.69) is 22.0 Å². The van der Waals surface area contributed by atoms with Crippen LogP contribution in [0.4, 0.5) is 0 Å². The van der Waals surface area contributed by atoms with Crippen molar-refractivity contribution in [2.45, 2.75) is 51.2 Å². The van der Waals surface area contributed by atoms with Crippen molar-refractivity contribution >= 4 is 15.9 Å². The lowest BCUT2D eigenvalue weighted by atomic mass is 9.98. The maximum atomic E-state index is 6.03. The predicted octanol–water partition coefficient (Wildman–Crippen LogP) is 4.18. The summed E-state index contributed by atoms with van der Waals surface area (Å²) in [5.74, 6) is 0.946. The van der Waals surface area contributed by atoms with Crippen molar-refractivity contribution in [1.82, 2.24) is 0 Å². The van der Waals surface area contributed by atoms with Crippen LogP contribution >= 0.6 is 15.9 Å². The van der Waals surface area contributed by atoms with Crippen LogP contribution in [0.5, 0.6) is 5.75 Å². The molecule has 1 aromatic rings. The lowest BCUT2D eigenvalue weighted by molar-refractivity contribution is 0.154. The second-order valence-corrected chi connectivity index (χ2v) is 5.71. The molecule has 1 fully saturated rings. The third-order valence-electron chi connectivity index (χ3n) is 3.33. The Kier molecular flexibility index (Phi) is 4.46. The standard InChI is InChI=1S/C14H20BrNO/c1-10(16)11-7-8-14(13(15)9-11)17-12-5-3-2-4-6-12/h7-10,12H,2-6,16H2,1H3. The molecule has 0 bridgehead atoms. The average molecular weight is 298 g/mol. The molecule has 0 heterocycles. The van der Waals surface area contributed by atoms with E-state index in [0.29, 0.717) is 6.10 Å². The van der Waals surface area contributed by atoms with Crippen molar-refractivity contribution < 1.29 is 4.74 Å². The Balaban J connectivity index is 2.05. The summed E-state index contributed by atoms with van der Waals surface area (Å²) in [6.07, 6.45) is 6.69. The molecule has 2 nitrogen and oxygen atoms in total. The number of halogens is 1. The monoisotopic (exact) mass is 297 g/mol. The minimum Gasteiger partial charge on any atom is -0.489 e. The normalized spacial score (nSPS) is 19.0. The molecule has 17 heavy (non-hydrogen) atoms. The van der Waals surface area contributed by atoms with Gasteiger partial charge in [-0.3, -0.25) is 0 Å². The number of ether oxygens (including phenoxy) is 1. The van der Waals surface area contributed by atoms with E-state index in [0.717, 1.165) is 15.8 Å². The van der Waals surface area contributed by atoms with Gasteiger partial charge in [-0.25, -0.2) is 0 Å². The van der Waals surface area contributed by atoms with Crippen LogP contribution in [0.15, 0.2) is 22.7 Å². The third-order valence-corrected chi connectivity index (χ3v) is 3.95. The molecule has 1 aliphatic carbocycles. The molecule has 0 aromatic heterocycles. The highest BCUT2D eigenvalue weighted by atomic mass is 79.9. The number of nitrogens with two attached hydrogens (primary N) is 1. The molecule has 94 valence electrons. The smallest absolute Gasteiger partial charge is 0.133 e. The maximum absolute atomic E-state index is 6.03. The van der Waals surface area contributed by atoms with Crippen molar-refractivity contribution in [2.75, 3.05) is 0 Å². The zero-order valence-corrected chi connectivity index (χ0v) is 11.9. The van der Waals surface area contributed by atoms with Gasteiger partial charge < -0.3 is 10.5 Å². The third kappa shape index (κ3) is 3.46. The topological polar surface area (TPSA) is 35.2 Å². The molecular formula is C14H20BrNO. The maximum Gasteiger partial charge on any atom is 0.133 e. The fourth-order valence-corrected chi connectivity index (χ4v) is 2.75. The van der Waals surface area contributed by atoms with E-state index in [1.54, 1.807) is 0 Å². The number of benzene rings is 1. The largest absolute Gasteiger partial charge is 0.489 e. The van der Waals surface area contributed by atoms with Crippen molar-refractivity contribution in [2.24, 2.45) is 5.73 Å². The van der Waals surface area contributed by atoms with E-state index in [4.69, 9.17) is 10.5 Å². The summed E-state index contributed by atoms with van der Waals surface area (Å²) in [5.41, 5.74) is 6.99. The van der Waals surface area contributed by atoms with Gasteiger partial charge in [0, 0.05) is 6.04 Å². The second kappa shape index (κ2) is 5.87. The summed E-state index contributed by atoms with van der Waals surface area (Å²) >= 11 is 3.56. The number of hydrogen-bond acceptors (Lipinski definition) is 2. The molecule has 1 aromatic carbocycles. The first-order chi connectivity index (χ1) is 8.16. The van der Waals surface area contributed by atoms with Gasteiger partial charge in [-0.05, 0) is 66.2 Å². The van der Waals surface area contributed by atoms with Gasteiger partial charge in [-0.2, -0.15) is 0 Å². The first-order valence-corrected chi connectivity index (χ1v) is 7.18. The highest BCUT2D eigenvalue weighted by Crippen LogP contribution is 2.31. The van der Waals surface area contributed by atoms with Crippen LogP contribution in [0.2, 0.25) is 0 Å². The minimum atomic E-state index is 0.0648. The van der Waals surface area contributed by atoms with E-state index in [9.17, 15) is 0 Å². The van der Waals surface area contributed by atoms with E-state index < -0.39 is 0 Å². The molecule has 2 rings (SSSR count). The zero-order valence-electron chi connectivity index (χ0n) is 10.3. The Labute approximate surface area is 112 Å². The Morgan fingerprint density at radius 1 is 1.29 bits per heavy atom. The molecular weight excluding hydrogens is 278 g/mol. The first kappa shape index (κ1) is 12.9. The Morgan fingerprint density at radius 2 is 2.00 bits per heavy atom. The Hall–Kier alpha value is -0.540. The van der Waals surface area contributed by atoms with Gasteiger partial charge in [0.05, 0.1) is 10.6 Å². The van der Waals surface area contributed by atoms with E-state index in [1.165, 1.54) is 32.1 Å². The molecule has 1 saturated carbocycles. The van der Waals surface area contributed by atoms with E-state index in [1.807, 2.05) is 19.1 Å². The molecule has 0 amide bonds. The van der Waals surface area contributed by atoms with Crippen LogP contribution in [0.3, 0.4) is 0 Å². The predicted molar refractivity (Wildman–Crippen MR) is 74.2 cm³/mol. The molecule has 1 aliphatic rings. The molecule has 1 atom stereocenters. The van der Waals surface area contributed by atoms with Crippen molar-refractivity contribution in [3.8, 4) is 5.75 Å². The fraction of sp³-hybridized carbons (Fsp3) is 0.571. The van der Waals surface area contributed by atoms with Gasteiger partial charge >= 0.3 is 0 Å². The summed E-state index contributed by atoms with van der Waals surface area (Å²) in [7, 11) is 0. The van der Waals surface area contributed by atoms with Crippen molar-refractivity contribution in [3.05, 3.63) is 28.2 Å². The highest BCUT2D eigenvalue weighted by molar-refractivity contribution is 9.10. The first-order valence-electron chi connectivity index (χ1n) is 6.38. The van der Waals surface area contributed by atoms with Crippen molar-refractivity contribution in [3.63, 3.8) is 0 Å².